The number of amides is 1. The van der Waals surface area contributed by atoms with Gasteiger partial charge in [0.15, 0.2) is 17.3 Å². The van der Waals surface area contributed by atoms with Gasteiger partial charge in [0.25, 0.3) is 5.91 Å². The van der Waals surface area contributed by atoms with Gasteiger partial charge < -0.3 is 15.5 Å². The summed E-state index contributed by atoms with van der Waals surface area (Å²) in [7, 11) is 1.86. The van der Waals surface area contributed by atoms with Gasteiger partial charge in [-0.05, 0) is 48.7 Å². The fraction of sp³-hybridized carbons (Fsp3) is 0.286. The van der Waals surface area contributed by atoms with Gasteiger partial charge >= 0.3 is 0 Å². The van der Waals surface area contributed by atoms with E-state index in [1.54, 1.807) is 6.07 Å². The molecule has 2 heterocycles. The van der Waals surface area contributed by atoms with Crippen LogP contribution in [-0.2, 0) is 15.7 Å². The van der Waals surface area contributed by atoms with Crippen LogP contribution < -0.4 is 5.32 Å². The summed E-state index contributed by atoms with van der Waals surface area (Å²) in [5.74, 6) is -0.735. The first kappa shape index (κ1) is 22.2. The minimum atomic E-state index is -1.32. The molecule has 0 aromatic heterocycles. The summed E-state index contributed by atoms with van der Waals surface area (Å²) < 4.78 is 0. The predicted molar refractivity (Wildman–Crippen MR) is 130 cm³/mol. The highest BCUT2D eigenvalue weighted by atomic mass is 16.3. The molecule has 0 saturated carbocycles. The molecule has 1 amide bonds. The lowest BCUT2D eigenvalue weighted by atomic mass is 9.59. The van der Waals surface area contributed by atoms with E-state index in [1.165, 1.54) is 12.1 Å². The topological polar surface area (TPSA) is 89.9 Å². The molecule has 6 nitrogen and oxygen atoms in total. The van der Waals surface area contributed by atoms with E-state index in [1.807, 2.05) is 60.5 Å². The number of para-hydroxylation sites is 1. The number of fused-ring (bicyclic) bond motifs is 2. The van der Waals surface area contributed by atoms with Crippen molar-refractivity contribution in [2.24, 2.45) is 0 Å². The molecule has 34 heavy (non-hydrogen) atoms. The van der Waals surface area contributed by atoms with E-state index in [-0.39, 0.29) is 23.2 Å². The number of Topliss-reactive ketones (excluding diaryl/α,β-unsaturated/α-hetero) is 1. The number of likely N-dealkylation sites (N-methyl/N-ethyl adjacent to an activating group) is 1. The normalized spacial score (nSPS) is 23.9. The maximum Gasteiger partial charge on any atom is 0.251 e. The number of nitrogens with one attached hydrogen (secondary N) is 1. The van der Waals surface area contributed by atoms with Crippen LogP contribution in [0.1, 0.15) is 53.2 Å². The largest absolute Gasteiger partial charge is 0.504 e. The van der Waals surface area contributed by atoms with E-state index in [4.69, 9.17) is 0 Å². The Morgan fingerprint density at radius 1 is 1.00 bits per heavy atom. The number of hydrogen-bond acceptors (Lipinski definition) is 5. The van der Waals surface area contributed by atoms with Crippen molar-refractivity contribution in [3.63, 3.8) is 0 Å². The minimum absolute atomic E-state index is 0.191. The zero-order chi connectivity index (χ0) is 24.3. The first-order valence-corrected chi connectivity index (χ1v) is 11.5. The minimum Gasteiger partial charge on any atom is -0.504 e. The summed E-state index contributed by atoms with van der Waals surface area (Å²) in [6.45, 7) is 4.69. The summed E-state index contributed by atoms with van der Waals surface area (Å²) >= 11 is 0. The number of aromatic hydroxyl groups is 2. The van der Waals surface area contributed by atoms with Crippen LogP contribution in [0.2, 0.25) is 0 Å². The predicted octanol–water partition coefficient (Wildman–Crippen LogP) is 4.53. The van der Waals surface area contributed by atoms with Gasteiger partial charge in [-0.3, -0.25) is 14.5 Å². The summed E-state index contributed by atoms with van der Waals surface area (Å²) in [6, 6.07) is 19.5. The Kier molecular flexibility index (Phi) is 5.02. The van der Waals surface area contributed by atoms with Crippen molar-refractivity contribution in [2.75, 3.05) is 18.9 Å². The second kappa shape index (κ2) is 7.71. The molecule has 3 N–H and O–H groups in total. The molecule has 0 aliphatic carbocycles. The van der Waals surface area contributed by atoms with Gasteiger partial charge in [0, 0.05) is 23.4 Å². The zero-order valence-electron chi connectivity index (χ0n) is 19.5. The van der Waals surface area contributed by atoms with Crippen molar-refractivity contribution in [1.29, 1.82) is 0 Å². The van der Waals surface area contributed by atoms with Crippen molar-refractivity contribution in [3.05, 3.63) is 89.0 Å². The van der Waals surface area contributed by atoms with Crippen LogP contribution in [-0.4, -0.2) is 40.4 Å². The molecular formula is C28H28N2O4. The van der Waals surface area contributed by atoms with Gasteiger partial charge in [-0.25, -0.2) is 0 Å². The Labute approximate surface area is 198 Å². The molecule has 3 aromatic rings. The summed E-state index contributed by atoms with van der Waals surface area (Å²) in [4.78, 5) is 30.4. The average Bonchev–Trinajstić information content (AvgIpc) is 3.31. The average molecular weight is 457 g/mol. The van der Waals surface area contributed by atoms with Crippen molar-refractivity contribution in [1.82, 2.24) is 4.90 Å². The monoisotopic (exact) mass is 456 g/mol. The van der Waals surface area contributed by atoms with Crippen LogP contribution in [0.3, 0.4) is 0 Å². The van der Waals surface area contributed by atoms with Crippen LogP contribution in [0, 0.1) is 0 Å². The lowest BCUT2D eigenvalue weighted by Gasteiger charge is -2.44. The number of carbonyl (C=O) groups excluding carboxylic acids is 2. The number of rotatable bonds is 4. The summed E-state index contributed by atoms with van der Waals surface area (Å²) in [5.41, 5.74) is 0.913. The van der Waals surface area contributed by atoms with Crippen molar-refractivity contribution < 1.29 is 19.8 Å². The summed E-state index contributed by atoms with van der Waals surface area (Å²) in [6.07, 6.45) is 0.375. The van der Waals surface area contributed by atoms with Crippen LogP contribution in [0.5, 0.6) is 11.5 Å². The van der Waals surface area contributed by atoms with Crippen LogP contribution in [0.4, 0.5) is 5.69 Å². The highest BCUT2D eigenvalue weighted by Gasteiger charge is 2.70. The Morgan fingerprint density at radius 3 is 2.38 bits per heavy atom. The van der Waals surface area contributed by atoms with Crippen LogP contribution in [0.25, 0.3) is 0 Å². The standard InChI is InChI=1S/C28H28N2O4/c1-17(2)18-8-10-19(11-9-18)25(33)27(20-12-13-23(31)24(32)16-20)14-15-30(3)28(27)21-6-4-5-7-22(21)29-26(28)34/h4-13,16-17,31-32H,14-15H2,1-3H3,(H,29,34). The molecule has 3 aromatic carbocycles. The molecular weight excluding hydrogens is 428 g/mol. The van der Waals surface area contributed by atoms with Crippen molar-refractivity contribution in [3.8, 4) is 11.5 Å². The number of nitrogens with zero attached hydrogens (tertiary/aromatic N) is 1. The maximum absolute atomic E-state index is 14.6. The van der Waals surface area contributed by atoms with E-state index in [9.17, 15) is 19.8 Å². The first-order valence-electron chi connectivity index (χ1n) is 11.5. The lowest BCUT2D eigenvalue weighted by molar-refractivity contribution is -0.127. The molecule has 6 heteroatoms. The number of phenols is 2. The number of carbonyl (C=O) groups is 2. The number of benzene rings is 3. The fourth-order valence-electron chi connectivity index (χ4n) is 5.87. The Hall–Kier alpha value is -3.64. The molecule has 0 radical (unpaired) electrons. The Balaban J connectivity index is 1.81. The fourth-order valence-corrected chi connectivity index (χ4v) is 5.87. The van der Waals surface area contributed by atoms with E-state index in [0.29, 0.717) is 35.7 Å². The number of likely N-dealkylation sites (tertiary alicyclic amines) is 1. The molecule has 1 spiro atoms. The van der Waals surface area contributed by atoms with Crippen molar-refractivity contribution >= 4 is 17.4 Å². The van der Waals surface area contributed by atoms with Crippen molar-refractivity contribution in [2.45, 2.75) is 37.1 Å². The number of ketones is 1. The second-order valence-corrected chi connectivity index (χ2v) is 9.60. The maximum atomic E-state index is 14.6. The van der Waals surface area contributed by atoms with E-state index < -0.39 is 11.0 Å². The summed E-state index contributed by atoms with van der Waals surface area (Å²) in [5, 5.41) is 23.4. The van der Waals surface area contributed by atoms with E-state index in [0.717, 1.165) is 11.1 Å². The van der Waals surface area contributed by atoms with Gasteiger partial charge in [-0.2, -0.15) is 0 Å². The lowest BCUT2D eigenvalue weighted by Crippen LogP contribution is -2.60. The van der Waals surface area contributed by atoms with E-state index in [2.05, 4.69) is 19.2 Å². The van der Waals surface area contributed by atoms with Gasteiger partial charge in [0.05, 0.1) is 5.41 Å². The zero-order valence-corrected chi connectivity index (χ0v) is 19.5. The molecule has 2 aliphatic rings. The van der Waals surface area contributed by atoms with E-state index >= 15 is 0 Å². The number of hydrogen-bond donors (Lipinski definition) is 3. The van der Waals surface area contributed by atoms with Gasteiger partial charge in [0.2, 0.25) is 0 Å². The molecule has 2 unspecified atom stereocenters. The van der Waals surface area contributed by atoms with Crippen LogP contribution in [0.15, 0.2) is 66.7 Å². The molecule has 5 rings (SSSR count). The smallest absolute Gasteiger partial charge is 0.251 e. The molecule has 1 saturated heterocycles. The molecule has 0 bridgehead atoms. The van der Waals surface area contributed by atoms with Gasteiger partial charge in [0.1, 0.15) is 5.54 Å². The third-order valence-corrected chi connectivity index (χ3v) is 7.60. The Bertz CT molecular complexity index is 1300. The Morgan fingerprint density at radius 2 is 1.71 bits per heavy atom. The first-order chi connectivity index (χ1) is 16.2. The number of anilines is 1. The second-order valence-electron chi connectivity index (χ2n) is 9.60. The quantitative estimate of drug-likeness (QED) is 0.397. The van der Waals surface area contributed by atoms with Gasteiger partial charge in [-0.1, -0.05) is 62.4 Å². The number of phenolic OH excluding ortho intramolecular Hbond substituents is 2. The third kappa shape index (κ3) is 2.78. The SMILES string of the molecule is CC(C)c1ccc(C(=O)C2(c3ccc(O)c(O)c3)CCN(C)C23C(=O)Nc2ccccc23)cc1. The van der Waals surface area contributed by atoms with Crippen LogP contribution >= 0.6 is 0 Å². The highest BCUT2D eigenvalue weighted by molar-refractivity contribution is 6.16. The molecule has 2 atom stereocenters. The highest BCUT2D eigenvalue weighted by Crippen LogP contribution is 2.59. The molecule has 174 valence electrons. The van der Waals surface area contributed by atoms with Gasteiger partial charge in [-0.15, -0.1) is 0 Å². The molecule has 1 fully saturated rings. The molecule has 2 aliphatic heterocycles. The third-order valence-electron chi connectivity index (χ3n) is 7.60.